The molecule has 0 bridgehead atoms. The lowest BCUT2D eigenvalue weighted by Crippen LogP contribution is -1.84. The molecule has 4 heteroatoms. The van der Waals surface area contributed by atoms with E-state index < -0.39 is 0 Å². The molecule has 0 fully saturated rings. The van der Waals surface area contributed by atoms with Crippen molar-refractivity contribution in [2.24, 2.45) is 0 Å². The summed E-state index contributed by atoms with van der Waals surface area (Å²) >= 11 is 5.81. The summed E-state index contributed by atoms with van der Waals surface area (Å²) in [4.78, 5) is 12.1. The number of halogens is 1. The number of pyridine rings is 1. The zero-order chi connectivity index (χ0) is 11.8. The molecular weight excluding hydrogens is 234 g/mol. The van der Waals surface area contributed by atoms with E-state index in [1.54, 1.807) is 6.20 Å². The lowest BCUT2D eigenvalue weighted by Gasteiger charge is -1.94. The molecule has 3 rings (SSSR count). The number of benzene rings is 1. The van der Waals surface area contributed by atoms with Crippen LogP contribution in [-0.2, 0) is 0 Å². The van der Waals surface area contributed by atoms with Gasteiger partial charge in [-0.3, -0.25) is 4.98 Å². The molecule has 0 aliphatic carbocycles. The number of nitrogens with zero attached hydrogens (tertiary/aromatic N) is 2. The molecule has 0 saturated heterocycles. The van der Waals surface area contributed by atoms with Crippen LogP contribution in [0.1, 0.15) is 5.56 Å². The van der Waals surface area contributed by atoms with Crippen LogP contribution < -0.4 is 0 Å². The number of rotatable bonds is 1. The van der Waals surface area contributed by atoms with Crippen molar-refractivity contribution in [2.45, 2.75) is 6.92 Å². The average Bonchev–Trinajstić information content (AvgIpc) is 2.75. The summed E-state index contributed by atoms with van der Waals surface area (Å²) < 4.78 is 0. The van der Waals surface area contributed by atoms with Gasteiger partial charge in [0.05, 0.1) is 16.1 Å². The Morgan fingerprint density at radius 2 is 2.06 bits per heavy atom. The van der Waals surface area contributed by atoms with E-state index in [9.17, 15) is 0 Å². The summed E-state index contributed by atoms with van der Waals surface area (Å²) in [5, 5.41) is 0.626. The summed E-state index contributed by atoms with van der Waals surface area (Å²) in [6.45, 7) is 2.04. The maximum atomic E-state index is 5.81. The van der Waals surface area contributed by atoms with Crippen LogP contribution in [-0.4, -0.2) is 15.0 Å². The Kier molecular flexibility index (Phi) is 2.34. The Morgan fingerprint density at radius 1 is 1.18 bits per heavy atom. The highest BCUT2D eigenvalue weighted by molar-refractivity contribution is 6.30. The molecule has 1 aromatic carbocycles. The second-order valence-corrected chi connectivity index (χ2v) is 4.35. The van der Waals surface area contributed by atoms with Gasteiger partial charge < -0.3 is 4.98 Å². The summed E-state index contributed by atoms with van der Waals surface area (Å²) in [5.41, 5.74) is 3.96. The molecule has 0 aliphatic heterocycles. The van der Waals surface area contributed by atoms with Crippen LogP contribution >= 0.6 is 11.6 Å². The second kappa shape index (κ2) is 3.86. The lowest BCUT2D eigenvalue weighted by atomic mass is 10.2. The predicted octanol–water partition coefficient (Wildman–Crippen LogP) is 3.59. The third-order valence-corrected chi connectivity index (χ3v) is 2.91. The number of fused-ring (bicyclic) bond motifs is 1. The van der Waals surface area contributed by atoms with Gasteiger partial charge in [-0.05, 0) is 30.7 Å². The third-order valence-electron chi connectivity index (χ3n) is 2.68. The summed E-state index contributed by atoms with van der Waals surface area (Å²) in [6.07, 6.45) is 1.62. The minimum atomic E-state index is 0.626. The molecule has 84 valence electrons. The molecular formula is C13H10ClN3. The molecule has 0 amide bonds. The predicted molar refractivity (Wildman–Crippen MR) is 69.1 cm³/mol. The van der Waals surface area contributed by atoms with Crippen LogP contribution in [0.4, 0.5) is 0 Å². The van der Waals surface area contributed by atoms with Crippen molar-refractivity contribution in [1.82, 2.24) is 15.0 Å². The molecule has 0 spiro atoms. The number of aryl methyl sites for hydroxylation is 1. The number of aromatic amines is 1. The summed E-state index contributed by atoms with van der Waals surface area (Å²) in [6, 6.07) is 9.73. The maximum Gasteiger partial charge on any atom is 0.157 e. The van der Waals surface area contributed by atoms with Crippen molar-refractivity contribution in [3.63, 3.8) is 0 Å². The number of hydrogen-bond donors (Lipinski definition) is 1. The van der Waals surface area contributed by atoms with Crippen molar-refractivity contribution < 1.29 is 0 Å². The summed E-state index contributed by atoms with van der Waals surface area (Å²) in [5.74, 6) is 0.769. The monoisotopic (exact) mass is 243 g/mol. The van der Waals surface area contributed by atoms with Gasteiger partial charge in [0.25, 0.3) is 0 Å². The largest absolute Gasteiger partial charge is 0.337 e. The van der Waals surface area contributed by atoms with Gasteiger partial charge in [0.1, 0.15) is 5.69 Å². The van der Waals surface area contributed by atoms with E-state index in [0.29, 0.717) is 5.02 Å². The van der Waals surface area contributed by atoms with E-state index in [2.05, 4.69) is 15.0 Å². The SMILES string of the molecule is Cc1cccc2[nH]c(-c3ccc(Cl)cn3)nc12. The molecule has 0 atom stereocenters. The van der Waals surface area contributed by atoms with Gasteiger partial charge >= 0.3 is 0 Å². The highest BCUT2D eigenvalue weighted by Gasteiger charge is 2.07. The topological polar surface area (TPSA) is 41.6 Å². The van der Waals surface area contributed by atoms with E-state index in [4.69, 9.17) is 11.6 Å². The third kappa shape index (κ3) is 1.78. The quantitative estimate of drug-likeness (QED) is 0.710. The molecule has 0 unspecified atom stereocenters. The van der Waals surface area contributed by atoms with Crippen molar-refractivity contribution in [2.75, 3.05) is 0 Å². The molecule has 3 nitrogen and oxygen atoms in total. The van der Waals surface area contributed by atoms with Crippen molar-refractivity contribution >= 4 is 22.6 Å². The highest BCUT2D eigenvalue weighted by Crippen LogP contribution is 2.21. The van der Waals surface area contributed by atoms with Crippen molar-refractivity contribution in [3.05, 3.63) is 47.1 Å². The van der Waals surface area contributed by atoms with E-state index >= 15 is 0 Å². The second-order valence-electron chi connectivity index (χ2n) is 3.92. The van der Waals surface area contributed by atoms with Gasteiger partial charge in [-0.15, -0.1) is 0 Å². The first-order valence-corrected chi connectivity index (χ1v) is 5.69. The van der Waals surface area contributed by atoms with Crippen molar-refractivity contribution in [1.29, 1.82) is 0 Å². The van der Waals surface area contributed by atoms with Crippen molar-refractivity contribution in [3.8, 4) is 11.5 Å². The minimum absolute atomic E-state index is 0.626. The molecule has 0 aliphatic rings. The normalized spacial score (nSPS) is 10.9. The fraction of sp³-hybridized carbons (Fsp3) is 0.0769. The Morgan fingerprint density at radius 3 is 2.76 bits per heavy atom. The number of para-hydroxylation sites is 1. The maximum absolute atomic E-state index is 5.81. The number of nitrogens with one attached hydrogen (secondary N) is 1. The Balaban J connectivity index is 2.18. The number of hydrogen-bond acceptors (Lipinski definition) is 2. The van der Waals surface area contributed by atoms with Gasteiger partial charge in [-0.2, -0.15) is 0 Å². The molecule has 3 aromatic rings. The standard InChI is InChI=1S/C13H10ClN3/c1-8-3-2-4-10-12(8)17-13(16-10)11-6-5-9(14)7-15-11/h2-7H,1H3,(H,16,17). The van der Waals surface area contributed by atoms with E-state index in [0.717, 1.165) is 28.1 Å². The first kappa shape index (κ1) is 10.3. The molecule has 2 aromatic heterocycles. The Labute approximate surface area is 103 Å². The van der Waals surface area contributed by atoms with Crippen LogP contribution in [0.5, 0.6) is 0 Å². The zero-order valence-corrected chi connectivity index (χ0v) is 9.99. The van der Waals surface area contributed by atoms with Gasteiger partial charge in [-0.1, -0.05) is 23.7 Å². The Bertz CT molecular complexity index is 671. The fourth-order valence-electron chi connectivity index (χ4n) is 1.81. The molecule has 1 N–H and O–H groups in total. The smallest absolute Gasteiger partial charge is 0.157 e. The van der Waals surface area contributed by atoms with Crippen LogP contribution in [0.15, 0.2) is 36.5 Å². The first-order valence-electron chi connectivity index (χ1n) is 5.31. The van der Waals surface area contributed by atoms with Crippen LogP contribution in [0.2, 0.25) is 5.02 Å². The van der Waals surface area contributed by atoms with Gasteiger partial charge in [0, 0.05) is 6.20 Å². The van der Waals surface area contributed by atoms with E-state index in [1.165, 1.54) is 0 Å². The van der Waals surface area contributed by atoms with Gasteiger partial charge in [0.15, 0.2) is 5.82 Å². The Hall–Kier alpha value is -1.87. The number of imidazole rings is 1. The van der Waals surface area contributed by atoms with Crippen LogP contribution in [0.25, 0.3) is 22.6 Å². The molecule has 0 saturated carbocycles. The highest BCUT2D eigenvalue weighted by atomic mass is 35.5. The van der Waals surface area contributed by atoms with Gasteiger partial charge in [-0.25, -0.2) is 4.98 Å². The van der Waals surface area contributed by atoms with E-state index in [-0.39, 0.29) is 0 Å². The molecule has 2 heterocycles. The minimum Gasteiger partial charge on any atom is -0.337 e. The average molecular weight is 244 g/mol. The zero-order valence-electron chi connectivity index (χ0n) is 9.24. The summed E-state index contributed by atoms with van der Waals surface area (Å²) in [7, 11) is 0. The number of aromatic nitrogens is 3. The van der Waals surface area contributed by atoms with E-state index in [1.807, 2.05) is 37.3 Å². The molecule has 17 heavy (non-hydrogen) atoms. The first-order chi connectivity index (χ1) is 8.24. The van der Waals surface area contributed by atoms with Crippen LogP contribution in [0, 0.1) is 6.92 Å². The van der Waals surface area contributed by atoms with Gasteiger partial charge in [0.2, 0.25) is 0 Å². The van der Waals surface area contributed by atoms with Crippen LogP contribution in [0.3, 0.4) is 0 Å². The molecule has 0 radical (unpaired) electrons. The lowest BCUT2D eigenvalue weighted by molar-refractivity contribution is 1.24. The fourth-order valence-corrected chi connectivity index (χ4v) is 1.92. The number of H-pyrrole nitrogens is 1.